The number of hydrogen-bond donors (Lipinski definition) is 0. The molecular weight excluding hydrogens is 450 g/mol. The lowest BCUT2D eigenvalue weighted by molar-refractivity contribution is 0.0588. The maximum absolute atomic E-state index is 13.8. The van der Waals surface area contributed by atoms with Gasteiger partial charge in [-0.1, -0.05) is 6.42 Å². The van der Waals surface area contributed by atoms with Gasteiger partial charge in [-0.15, -0.1) is 0 Å². The van der Waals surface area contributed by atoms with Crippen LogP contribution in [0, 0.1) is 11.6 Å². The van der Waals surface area contributed by atoms with Crippen molar-refractivity contribution in [3.05, 3.63) is 59.7 Å². The Morgan fingerprint density at radius 3 is 2.30 bits per heavy atom. The zero-order valence-corrected chi connectivity index (χ0v) is 19.4. The standard InChI is InChI=1S/C24H28F2N2O4S/c1-17-4-2-3-13-28(17)33(30,31)21-8-5-18(6-9-21)24(29)27-14-11-20(12-15-27)32-23-10-7-19(25)16-22(23)26/h5-10,16-17,20H,2-4,11-15H2,1H3. The summed E-state index contributed by atoms with van der Waals surface area (Å²) in [5.41, 5.74) is 0.421. The number of likely N-dealkylation sites (tertiary alicyclic amines) is 1. The van der Waals surface area contributed by atoms with Crippen LogP contribution in [0.2, 0.25) is 0 Å². The highest BCUT2D eigenvalue weighted by Crippen LogP contribution is 2.26. The Hall–Kier alpha value is -2.52. The molecule has 1 unspecified atom stereocenters. The molecule has 2 aliphatic rings. The molecule has 178 valence electrons. The smallest absolute Gasteiger partial charge is 0.253 e. The average Bonchev–Trinajstić information content (AvgIpc) is 2.81. The van der Waals surface area contributed by atoms with Crippen molar-refractivity contribution in [2.24, 2.45) is 0 Å². The summed E-state index contributed by atoms with van der Waals surface area (Å²) >= 11 is 0. The fourth-order valence-corrected chi connectivity index (χ4v) is 6.14. The molecule has 2 saturated heterocycles. The number of halogens is 2. The molecular formula is C24H28F2N2O4S. The fourth-order valence-electron chi connectivity index (χ4n) is 4.44. The van der Waals surface area contributed by atoms with Crippen molar-refractivity contribution in [2.45, 2.75) is 56.1 Å². The fraction of sp³-hybridized carbons (Fsp3) is 0.458. The summed E-state index contributed by atoms with van der Waals surface area (Å²) in [5.74, 6) is -1.59. The topological polar surface area (TPSA) is 66.9 Å². The van der Waals surface area contributed by atoms with Crippen molar-refractivity contribution in [2.75, 3.05) is 19.6 Å². The summed E-state index contributed by atoms with van der Waals surface area (Å²) in [4.78, 5) is 14.8. The van der Waals surface area contributed by atoms with Gasteiger partial charge in [-0.3, -0.25) is 4.79 Å². The van der Waals surface area contributed by atoms with E-state index in [4.69, 9.17) is 4.74 Å². The van der Waals surface area contributed by atoms with Gasteiger partial charge in [0.15, 0.2) is 11.6 Å². The van der Waals surface area contributed by atoms with Crippen LogP contribution < -0.4 is 4.74 Å². The van der Waals surface area contributed by atoms with E-state index in [-0.39, 0.29) is 28.7 Å². The second-order valence-corrected chi connectivity index (χ2v) is 10.6. The normalized spacial score (nSPS) is 20.6. The minimum Gasteiger partial charge on any atom is -0.487 e. The van der Waals surface area contributed by atoms with Crippen LogP contribution in [0.3, 0.4) is 0 Å². The molecule has 2 fully saturated rings. The lowest BCUT2D eigenvalue weighted by atomic mass is 10.1. The van der Waals surface area contributed by atoms with Gasteiger partial charge in [-0.25, -0.2) is 17.2 Å². The quantitative estimate of drug-likeness (QED) is 0.646. The molecule has 33 heavy (non-hydrogen) atoms. The van der Waals surface area contributed by atoms with Crippen molar-refractivity contribution < 1.29 is 26.7 Å². The summed E-state index contributed by atoms with van der Waals surface area (Å²) in [7, 11) is -3.58. The second-order valence-electron chi connectivity index (χ2n) is 8.67. The lowest BCUT2D eigenvalue weighted by Crippen LogP contribution is -2.42. The zero-order valence-electron chi connectivity index (χ0n) is 18.5. The molecule has 0 saturated carbocycles. The molecule has 2 aromatic carbocycles. The first kappa shape index (κ1) is 23.6. The van der Waals surface area contributed by atoms with Crippen LogP contribution in [0.1, 0.15) is 49.4 Å². The summed E-state index contributed by atoms with van der Waals surface area (Å²) in [6.07, 6.45) is 3.50. The highest BCUT2D eigenvalue weighted by atomic mass is 32.2. The first-order chi connectivity index (χ1) is 15.8. The molecule has 1 atom stereocenters. The number of sulfonamides is 1. The molecule has 4 rings (SSSR count). The van der Waals surface area contributed by atoms with Crippen LogP contribution in [-0.4, -0.2) is 55.3 Å². The van der Waals surface area contributed by atoms with Gasteiger partial charge in [0.2, 0.25) is 10.0 Å². The Bertz CT molecular complexity index is 1100. The first-order valence-electron chi connectivity index (χ1n) is 11.3. The number of hydrogen-bond acceptors (Lipinski definition) is 4. The van der Waals surface area contributed by atoms with E-state index in [9.17, 15) is 22.0 Å². The van der Waals surface area contributed by atoms with Gasteiger partial charge in [0.05, 0.1) is 4.90 Å². The summed E-state index contributed by atoms with van der Waals surface area (Å²) in [6, 6.07) is 9.27. The number of carbonyl (C=O) groups excluding carboxylic acids is 1. The van der Waals surface area contributed by atoms with Crippen LogP contribution in [0.25, 0.3) is 0 Å². The summed E-state index contributed by atoms with van der Waals surface area (Å²) in [5, 5.41) is 0. The van der Waals surface area contributed by atoms with E-state index in [0.29, 0.717) is 38.0 Å². The van der Waals surface area contributed by atoms with Crippen LogP contribution in [-0.2, 0) is 10.0 Å². The molecule has 1 amide bonds. The van der Waals surface area contributed by atoms with Crippen molar-refractivity contribution in [1.82, 2.24) is 9.21 Å². The average molecular weight is 479 g/mol. The van der Waals surface area contributed by atoms with E-state index in [1.54, 1.807) is 21.3 Å². The minimum atomic E-state index is -3.58. The van der Waals surface area contributed by atoms with E-state index in [1.165, 1.54) is 18.2 Å². The molecule has 0 aliphatic carbocycles. The third kappa shape index (κ3) is 5.19. The van der Waals surface area contributed by atoms with Gasteiger partial charge in [-0.2, -0.15) is 4.31 Å². The second kappa shape index (κ2) is 9.77. The molecule has 0 radical (unpaired) electrons. The Balaban J connectivity index is 1.36. The molecule has 0 N–H and O–H groups in total. The third-order valence-corrected chi connectivity index (χ3v) is 8.39. The molecule has 6 nitrogen and oxygen atoms in total. The van der Waals surface area contributed by atoms with Gasteiger partial charge < -0.3 is 9.64 Å². The number of amides is 1. The Morgan fingerprint density at radius 1 is 0.970 bits per heavy atom. The number of nitrogens with zero attached hydrogens (tertiary/aromatic N) is 2. The number of rotatable bonds is 5. The maximum Gasteiger partial charge on any atom is 0.253 e. The Kier molecular flexibility index (Phi) is 6.99. The largest absolute Gasteiger partial charge is 0.487 e. The number of piperidine rings is 2. The van der Waals surface area contributed by atoms with Gasteiger partial charge in [0.25, 0.3) is 5.91 Å². The van der Waals surface area contributed by atoms with Crippen molar-refractivity contribution >= 4 is 15.9 Å². The van der Waals surface area contributed by atoms with Crippen LogP contribution in [0.15, 0.2) is 47.4 Å². The molecule has 9 heteroatoms. The van der Waals surface area contributed by atoms with E-state index >= 15 is 0 Å². The van der Waals surface area contributed by atoms with Gasteiger partial charge in [0.1, 0.15) is 11.9 Å². The van der Waals surface area contributed by atoms with E-state index in [0.717, 1.165) is 31.4 Å². The summed E-state index contributed by atoms with van der Waals surface area (Å²) in [6.45, 7) is 3.30. The van der Waals surface area contributed by atoms with E-state index < -0.39 is 21.7 Å². The van der Waals surface area contributed by atoms with Gasteiger partial charge in [0, 0.05) is 50.1 Å². The lowest BCUT2D eigenvalue weighted by Gasteiger charge is -2.33. The predicted molar refractivity (Wildman–Crippen MR) is 120 cm³/mol. The van der Waals surface area contributed by atoms with Gasteiger partial charge in [-0.05, 0) is 56.2 Å². The van der Waals surface area contributed by atoms with Gasteiger partial charge >= 0.3 is 0 Å². The van der Waals surface area contributed by atoms with E-state index in [1.807, 2.05) is 6.92 Å². The Morgan fingerprint density at radius 2 is 1.67 bits per heavy atom. The molecule has 0 bridgehead atoms. The zero-order chi connectivity index (χ0) is 23.6. The van der Waals surface area contributed by atoms with Crippen molar-refractivity contribution in [3.63, 3.8) is 0 Å². The monoisotopic (exact) mass is 478 g/mol. The molecule has 0 spiro atoms. The molecule has 2 aromatic rings. The molecule has 2 aliphatic heterocycles. The maximum atomic E-state index is 13.8. The van der Waals surface area contributed by atoms with Crippen LogP contribution in [0.5, 0.6) is 5.75 Å². The van der Waals surface area contributed by atoms with Crippen molar-refractivity contribution in [3.8, 4) is 5.75 Å². The number of ether oxygens (including phenoxy) is 1. The van der Waals surface area contributed by atoms with Crippen molar-refractivity contribution in [1.29, 1.82) is 0 Å². The number of carbonyl (C=O) groups is 1. The molecule has 0 aromatic heterocycles. The Labute approximate surface area is 193 Å². The minimum absolute atomic E-state index is 0.000925. The third-order valence-electron chi connectivity index (χ3n) is 6.37. The first-order valence-corrected chi connectivity index (χ1v) is 12.7. The summed E-state index contributed by atoms with van der Waals surface area (Å²) < 4.78 is 60.0. The predicted octanol–water partition coefficient (Wildman–Crippen LogP) is 4.21. The highest BCUT2D eigenvalue weighted by molar-refractivity contribution is 7.89. The van der Waals surface area contributed by atoms with Crippen LogP contribution in [0.4, 0.5) is 8.78 Å². The SMILES string of the molecule is CC1CCCCN1S(=O)(=O)c1ccc(C(=O)N2CCC(Oc3ccc(F)cc3F)CC2)cc1. The highest BCUT2D eigenvalue weighted by Gasteiger charge is 2.31. The van der Waals surface area contributed by atoms with E-state index in [2.05, 4.69) is 0 Å². The van der Waals surface area contributed by atoms with Crippen LogP contribution >= 0.6 is 0 Å². The number of benzene rings is 2. The molecule has 2 heterocycles.